The van der Waals surface area contributed by atoms with E-state index in [2.05, 4.69) is 83.0 Å². The first-order chi connectivity index (χ1) is 37.0. The number of hydrogen-bond acceptors (Lipinski definition) is 15. The van der Waals surface area contributed by atoms with Gasteiger partial charge in [-0.05, 0) is 102 Å². The minimum atomic E-state index is -1.18. The van der Waals surface area contributed by atoms with Crippen LogP contribution in [0.5, 0.6) is 11.5 Å². The number of aromatic nitrogens is 1. The Bertz CT molecular complexity index is 2460. The molecule has 4 rings (SSSR count). The van der Waals surface area contributed by atoms with Gasteiger partial charge in [0.05, 0.1) is 12.2 Å². The Morgan fingerprint density at radius 3 is 2.13 bits per heavy atom. The second-order valence-corrected chi connectivity index (χ2v) is 22.3. The second-order valence-electron chi connectivity index (χ2n) is 19.6. The highest BCUT2D eigenvalue weighted by atomic mass is 33.1. The zero-order valence-electron chi connectivity index (χ0n) is 45.4. The largest absolute Gasteiger partial charge is 0.444 e. The molecule has 1 aliphatic rings. The summed E-state index contributed by atoms with van der Waals surface area (Å²) in [5.74, 6) is -0.812. The lowest BCUT2D eigenvalue weighted by Gasteiger charge is -2.33. The minimum absolute atomic E-state index is 0.00489. The van der Waals surface area contributed by atoms with Gasteiger partial charge >= 0.3 is 18.0 Å². The molecule has 0 aliphatic carbocycles. The highest BCUT2D eigenvalue weighted by Gasteiger charge is 2.49. The number of rotatable bonds is 35. The van der Waals surface area contributed by atoms with Gasteiger partial charge in [0.1, 0.15) is 34.9 Å². The fraction of sp³-hybridized carbons (Fsp3) is 0.458. The molecule has 1 fully saturated rings. The lowest BCUT2D eigenvalue weighted by Crippen LogP contribution is -2.49. The Labute approximate surface area is 462 Å². The summed E-state index contributed by atoms with van der Waals surface area (Å²) < 4.78 is 35.0. The molecule has 18 heteroatoms. The summed E-state index contributed by atoms with van der Waals surface area (Å²) in [6, 6.07) is 16.1. The quantitative estimate of drug-likeness (QED) is 0.00820. The Hall–Kier alpha value is -6.02. The van der Waals surface area contributed by atoms with Crippen molar-refractivity contribution in [1.29, 1.82) is 0 Å². The highest BCUT2D eigenvalue weighted by Crippen LogP contribution is 2.46. The van der Waals surface area contributed by atoms with Crippen molar-refractivity contribution in [2.45, 2.75) is 130 Å². The van der Waals surface area contributed by atoms with Gasteiger partial charge in [-0.2, -0.15) is 0 Å². The number of ether oxygens (including phenoxy) is 6. The van der Waals surface area contributed by atoms with Gasteiger partial charge in [-0.15, -0.1) is 0 Å². The van der Waals surface area contributed by atoms with Crippen LogP contribution in [0.25, 0.3) is 0 Å². The van der Waals surface area contributed by atoms with Crippen molar-refractivity contribution >= 4 is 51.4 Å². The molecule has 1 aromatic heterocycles. The molecule has 1 saturated heterocycles. The average molecular weight is 1100 g/mol. The first kappa shape index (κ1) is 63.5. The number of carbonyl (C=O) groups is 5. The van der Waals surface area contributed by atoms with Gasteiger partial charge in [0, 0.05) is 60.9 Å². The molecule has 4 N–H and O–H groups in total. The Morgan fingerprint density at radius 2 is 1.43 bits per heavy atom. The van der Waals surface area contributed by atoms with Crippen LogP contribution in [0.3, 0.4) is 0 Å². The van der Waals surface area contributed by atoms with E-state index in [0.29, 0.717) is 43.0 Å². The monoisotopic (exact) mass is 1100 g/mol. The molecular weight excluding hydrogens is 1020 g/mol. The molecule has 2 aromatic carbocycles. The molecule has 4 atom stereocenters. The van der Waals surface area contributed by atoms with Crippen molar-refractivity contribution < 1.29 is 57.5 Å². The van der Waals surface area contributed by atoms with Crippen molar-refractivity contribution in [3.63, 3.8) is 0 Å². The van der Waals surface area contributed by atoms with Crippen LogP contribution >= 0.6 is 21.6 Å². The van der Waals surface area contributed by atoms with Crippen molar-refractivity contribution in [3.8, 4) is 11.5 Å². The van der Waals surface area contributed by atoms with Crippen LogP contribution < -0.4 is 25.4 Å². The number of unbranched alkanes of at least 4 members (excludes halogenated alkanes) is 1. The number of aliphatic hydroxyl groups is 1. The number of aliphatic hydroxyl groups excluding tert-OH is 1. The van der Waals surface area contributed by atoms with Crippen molar-refractivity contribution in [2.75, 3.05) is 37.7 Å². The Balaban J connectivity index is 1.31. The number of esters is 2. The maximum atomic E-state index is 14.0. The van der Waals surface area contributed by atoms with Gasteiger partial charge < -0.3 is 49.5 Å². The fourth-order valence-corrected chi connectivity index (χ4v) is 8.93. The van der Waals surface area contributed by atoms with E-state index in [9.17, 15) is 29.1 Å². The fourth-order valence-electron chi connectivity index (χ4n) is 7.12. The summed E-state index contributed by atoms with van der Waals surface area (Å²) in [5.41, 5.74) is 0.193. The number of benzene rings is 2. The zero-order chi connectivity index (χ0) is 55.9. The molecule has 418 valence electrons. The van der Waals surface area contributed by atoms with Gasteiger partial charge in [-0.25, -0.2) is 14.4 Å². The number of hydrogen-bond donors (Lipinski definition) is 4. The van der Waals surface area contributed by atoms with E-state index >= 15 is 0 Å². The predicted molar refractivity (Wildman–Crippen MR) is 303 cm³/mol. The summed E-state index contributed by atoms with van der Waals surface area (Å²) in [6.07, 6.45) is 21.8. The second kappa shape index (κ2) is 34.7. The maximum absolute atomic E-state index is 14.0. The molecule has 3 aromatic rings. The summed E-state index contributed by atoms with van der Waals surface area (Å²) in [4.78, 5) is 69.1. The van der Waals surface area contributed by atoms with Crippen molar-refractivity contribution in [1.82, 2.24) is 20.9 Å². The average Bonchev–Trinajstić information content (AvgIpc) is 4.21. The van der Waals surface area contributed by atoms with Gasteiger partial charge in [0.25, 0.3) is 0 Å². The number of epoxide rings is 1. The van der Waals surface area contributed by atoms with Gasteiger partial charge in [0.2, 0.25) is 11.8 Å². The summed E-state index contributed by atoms with van der Waals surface area (Å²) >= 11 is 0. The van der Waals surface area contributed by atoms with Gasteiger partial charge in [-0.1, -0.05) is 133 Å². The van der Waals surface area contributed by atoms with Crippen LogP contribution in [0.2, 0.25) is 0 Å². The van der Waals surface area contributed by atoms with Crippen LogP contribution in [0.15, 0.2) is 134 Å². The number of amides is 3. The molecule has 0 bridgehead atoms. The first-order valence-electron chi connectivity index (χ1n) is 26.1. The standard InChI is InChI=1S/C59H78N4O12S2/c1-8-9-10-11-12-13-14-15-18-26-43(2)27-19-16-17-20-33-50(65)70-42-59(6,7)52(53(66)62-36-34-49(64)61-37-39-76-77-40-38-63-57(69)75-58(3,4)5)74-56-51(73-56)45-29-21-23-31-47(45)72-55(68)46-30-22-24-32-48(46)71-54(67)44-28-25-35-60-41-44/h9-10,12-13,15-16,18-19,21-25,28-32,35,41,50-52,56,65H,2,8,11,14,17,20,26-27,33-34,36-40,42H2,1,3-7H3,(H,61,64)(H,62,66)(H,63,69). The molecular formula is C59H78N4O12S2. The minimum Gasteiger partial charge on any atom is -0.444 e. The topological polar surface area (TPSA) is 213 Å². The molecule has 16 nitrogen and oxygen atoms in total. The van der Waals surface area contributed by atoms with Crippen LogP contribution in [0.1, 0.15) is 132 Å². The van der Waals surface area contributed by atoms with Crippen molar-refractivity contribution in [3.05, 3.63) is 151 Å². The number of alkyl carbamates (subject to hydrolysis) is 1. The first-order valence-corrected chi connectivity index (χ1v) is 28.6. The van der Waals surface area contributed by atoms with E-state index in [1.54, 1.807) is 105 Å². The number of nitrogens with zero attached hydrogens (tertiary/aromatic N) is 1. The number of nitrogens with one attached hydrogen (secondary N) is 3. The van der Waals surface area contributed by atoms with E-state index in [-0.39, 0.29) is 48.1 Å². The molecule has 1 aliphatic heterocycles. The van der Waals surface area contributed by atoms with Gasteiger partial charge in [0.15, 0.2) is 12.6 Å². The SMILES string of the molecule is C=C(CC=CCC=CCC=CCC)CC=CCCCC(O)OCC(C)(C)C(OC1OC1c1ccccc1OC(=O)c1ccccc1OC(=O)c1cccnc1)C(=O)NCCC(=O)NCCSSCCNC(=O)OC(C)(C)C. The van der Waals surface area contributed by atoms with Crippen LogP contribution in [-0.4, -0.2) is 102 Å². The summed E-state index contributed by atoms with van der Waals surface area (Å²) in [6.45, 7) is 16.1. The lowest BCUT2D eigenvalue weighted by atomic mass is 9.86. The van der Waals surface area contributed by atoms with Crippen LogP contribution in [0.4, 0.5) is 4.79 Å². The molecule has 77 heavy (non-hydrogen) atoms. The summed E-state index contributed by atoms with van der Waals surface area (Å²) in [5, 5.41) is 19.3. The predicted octanol–water partition coefficient (Wildman–Crippen LogP) is 11.1. The molecule has 2 heterocycles. The van der Waals surface area contributed by atoms with Crippen LogP contribution in [-0.2, 0) is 28.5 Å². The molecule has 4 unspecified atom stereocenters. The smallest absolute Gasteiger partial charge is 0.407 e. The van der Waals surface area contributed by atoms with E-state index in [1.165, 1.54) is 24.5 Å². The number of pyridine rings is 1. The molecule has 0 spiro atoms. The summed E-state index contributed by atoms with van der Waals surface area (Å²) in [7, 11) is 3.12. The number of para-hydroxylation sites is 2. The zero-order valence-corrected chi connectivity index (χ0v) is 47.0. The van der Waals surface area contributed by atoms with E-state index < -0.39 is 59.7 Å². The van der Waals surface area contributed by atoms with Crippen molar-refractivity contribution in [2.24, 2.45) is 5.41 Å². The van der Waals surface area contributed by atoms with E-state index in [0.717, 1.165) is 44.1 Å². The third kappa shape index (κ3) is 25.8. The molecule has 3 amide bonds. The Morgan fingerprint density at radius 1 is 0.779 bits per heavy atom. The number of allylic oxidation sites excluding steroid dienone is 9. The Kier molecular flexibility index (Phi) is 28.6. The van der Waals surface area contributed by atoms with E-state index in [4.69, 9.17) is 28.4 Å². The van der Waals surface area contributed by atoms with Gasteiger partial charge in [-0.3, -0.25) is 14.6 Å². The lowest BCUT2D eigenvalue weighted by molar-refractivity contribution is -0.169. The van der Waals surface area contributed by atoms with Crippen LogP contribution in [0, 0.1) is 5.41 Å². The third-order valence-corrected chi connectivity index (χ3v) is 13.5. The van der Waals surface area contributed by atoms with E-state index in [1.807, 2.05) is 0 Å². The third-order valence-electron chi connectivity index (χ3n) is 11.1. The molecule has 0 saturated carbocycles. The number of carbonyl (C=O) groups excluding carboxylic acids is 5. The normalized spacial score (nSPS) is 15.4. The molecule has 0 radical (unpaired) electrons. The maximum Gasteiger partial charge on any atom is 0.407 e. The highest BCUT2D eigenvalue weighted by molar-refractivity contribution is 8.76.